The maximum Gasteiger partial charge on any atom is 0.0633 e. The Balaban J connectivity index is 2.42. The van der Waals surface area contributed by atoms with Gasteiger partial charge in [-0.3, -0.25) is 0 Å². The molecule has 0 aromatic rings. The van der Waals surface area contributed by atoms with E-state index < -0.39 is 5.54 Å². The standard InChI is InChI=1S/C12H26N2O2/c1-3-14-7-4-5-11(6-8-14)13-12(2,9-15)10-16/h11,13,15-16H,3-10H2,1-2H3. The van der Waals surface area contributed by atoms with Crippen molar-refractivity contribution < 1.29 is 10.2 Å². The molecule has 0 aliphatic carbocycles. The molecule has 1 fully saturated rings. The van der Waals surface area contributed by atoms with Gasteiger partial charge in [-0.05, 0) is 45.8 Å². The highest BCUT2D eigenvalue weighted by atomic mass is 16.3. The Morgan fingerprint density at radius 2 is 1.94 bits per heavy atom. The number of likely N-dealkylation sites (tertiary alicyclic amines) is 1. The van der Waals surface area contributed by atoms with Crippen LogP contribution in [0.5, 0.6) is 0 Å². The molecule has 16 heavy (non-hydrogen) atoms. The fourth-order valence-electron chi connectivity index (χ4n) is 2.25. The van der Waals surface area contributed by atoms with Crippen molar-refractivity contribution in [3.8, 4) is 0 Å². The van der Waals surface area contributed by atoms with Gasteiger partial charge in [0.05, 0.1) is 18.8 Å². The van der Waals surface area contributed by atoms with Crippen LogP contribution in [0.25, 0.3) is 0 Å². The van der Waals surface area contributed by atoms with Crippen molar-refractivity contribution in [1.82, 2.24) is 10.2 Å². The SMILES string of the molecule is CCN1CCCC(NC(C)(CO)CO)CC1. The van der Waals surface area contributed by atoms with Gasteiger partial charge in [0.15, 0.2) is 0 Å². The van der Waals surface area contributed by atoms with Crippen molar-refractivity contribution in [2.24, 2.45) is 0 Å². The Kier molecular flexibility index (Phi) is 5.69. The molecule has 0 aromatic carbocycles. The normalized spacial score (nSPS) is 24.4. The zero-order valence-corrected chi connectivity index (χ0v) is 10.6. The lowest BCUT2D eigenvalue weighted by molar-refractivity contribution is 0.0917. The van der Waals surface area contributed by atoms with Crippen LogP contribution in [0.2, 0.25) is 0 Å². The summed E-state index contributed by atoms with van der Waals surface area (Å²) in [5.41, 5.74) is -0.536. The summed E-state index contributed by atoms with van der Waals surface area (Å²) in [6, 6.07) is 0.417. The summed E-state index contributed by atoms with van der Waals surface area (Å²) in [6.07, 6.45) is 3.42. The number of nitrogens with zero attached hydrogens (tertiary/aromatic N) is 1. The molecule has 1 unspecified atom stereocenters. The molecule has 0 aromatic heterocycles. The summed E-state index contributed by atoms with van der Waals surface area (Å²) in [5, 5.41) is 21.9. The van der Waals surface area contributed by atoms with Gasteiger partial charge >= 0.3 is 0 Å². The third-order valence-electron chi connectivity index (χ3n) is 3.52. The Morgan fingerprint density at radius 3 is 2.50 bits per heavy atom. The monoisotopic (exact) mass is 230 g/mol. The van der Waals surface area contributed by atoms with E-state index in [-0.39, 0.29) is 13.2 Å². The van der Waals surface area contributed by atoms with E-state index >= 15 is 0 Å². The van der Waals surface area contributed by atoms with Gasteiger partial charge in [0, 0.05) is 6.04 Å². The van der Waals surface area contributed by atoms with Crippen molar-refractivity contribution in [2.75, 3.05) is 32.8 Å². The van der Waals surface area contributed by atoms with Crippen molar-refractivity contribution in [2.45, 2.75) is 44.7 Å². The van der Waals surface area contributed by atoms with Crippen LogP contribution in [0.4, 0.5) is 0 Å². The summed E-state index contributed by atoms with van der Waals surface area (Å²) in [4.78, 5) is 2.46. The number of rotatable bonds is 5. The molecular formula is C12H26N2O2. The first-order valence-electron chi connectivity index (χ1n) is 6.35. The van der Waals surface area contributed by atoms with Gasteiger partial charge in [0.25, 0.3) is 0 Å². The molecule has 1 aliphatic rings. The highest BCUT2D eigenvalue weighted by Gasteiger charge is 2.26. The van der Waals surface area contributed by atoms with E-state index in [1.165, 1.54) is 13.0 Å². The minimum atomic E-state index is -0.536. The van der Waals surface area contributed by atoms with Gasteiger partial charge in [-0.25, -0.2) is 0 Å². The van der Waals surface area contributed by atoms with Gasteiger partial charge < -0.3 is 20.4 Å². The molecule has 0 spiro atoms. The van der Waals surface area contributed by atoms with Crippen molar-refractivity contribution in [3.63, 3.8) is 0 Å². The average molecular weight is 230 g/mol. The molecule has 3 N–H and O–H groups in total. The first-order valence-corrected chi connectivity index (χ1v) is 6.35. The molecule has 96 valence electrons. The lowest BCUT2D eigenvalue weighted by atomic mass is 10.0. The zero-order valence-electron chi connectivity index (χ0n) is 10.6. The third-order valence-corrected chi connectivity index (χ3v) is 3.52. The van der Waals surface area contributed by atoms with Crippen LogP contribution in [-0.2, 0) is 0 Å². The van der Waals surface area contributed by atoms with Gasteiger partial charge in [-0.2, -0.15) is 0 Å². The molecule has 1 atom stereocenters. The van der Waals surface area contributed by atoms with Gasteiger partial charge in [-0.1, -0.05) is 6.92 Å². The smallest absolute Gasteiger partial charge is 0.0633 e. The Morgan fingerprint density at radius 1 is 1.25 bits per heavy atom. The maximum atomic E-state index is 9.25. The molecule has 0 amide bonds. The van der Waals surface area contributed by atoms with Crippen LogP contribution in [0.15, 0.2) is 0 Å². The number of aliphatic hydroxyl groups excluding tert-OH is 2. The Bertz CT molecular complexity index is 195. The number of hydrogen-bond donors (Lipinski definition) is 3. The molecule has 1 rings (SSSR count). The predicted molar refractivity (Wildman–Crippen MR) is 65.5 cm³/mol. The van der Waals surface area contributed by atoms with E-state index in [9.17, 15) is 10.2 Å². The number of hydrogen-bond acceptors (Lipinski definition) is 4. The molecule has 1 saturated heterocycles. The van der Waals surface area contributed by atoms with Crippen LogP contribution in [0.3, 0.4) is 0 Å². The second-order valence-electron chi connectivity index (χ2n) is 5.08. The lowest BCUT2D eigenvalue weighted by Gasteiger charge is -2.31. The molecule has 0 radical (unpaired) electrons. The fourth-order valence-corrected chi connectivity index (χ4v) is 2.25. The summed E-state index contributed by atoms with van der Waals surface area (Å²) < 4.78 is 0. The van der Waals surface area contributed by atoms with E-state index in [4.69, 9.17) is 0 Å². The van der Waals surface area contributed by atoms with Crippen LogP contribution < -0.4 is 5.32 Å². The van der Waals surface area contributed by atoms with Crippen molar-refractivity contribution in [1.29, 1.82) is 0 Å². The van der Waals surface area contributed by atoms with E-state index in [0.717, 1.165) is 25.9 Å². The van der Waals surface area contributed by atoms with E-state index in [0.29, 0.717) is 6.04 Å². The molecule has 0 bridgehead atoms. The topological polar surface area (TPSA) is 55.7 Å². The zero-order chi connectivity index (χ0) is 12.0. The van der Waals surface area contributed by atoms with Gasteiger partial charge in [0.2, 0.25) is 0 Å². The predicted octanol–water partition coefficient (Wildman–Crippen LogP) is 0.194. The average Bonchev–Trinajstić information content (AvgIpc) is 2.54. The minimum Gasteiger partial charge on any atom is -0.394 e. The first kappa shape index (κ1) is 13.9. The number of aliphatic hydroxyl groups is 2. The molecule has 0 saturated carbocycles. The summed E-state index contributed by atoms with van der Waals surface area (Å²) >= 11 is 0. The largest absolute Gasteiger partial charge is 0.394 e. The molecule has 4 heteroatoms. The van der Waals surface area contributed by atoms with Crippen LogP contribution in [0.1, 0.15) is 33.1 Å². The van der Waals surface area contributed by atoms with Crippen molar-refractivity contribution >= 4 is 0 Å². The summed E-state index contributed by atoms with van der Waals surface area (Å²) in [6.45, 7) is 7.43. The molecule has 4 nitrogen and oxygen atoms in total. The van der Waals surface area contributed by atoms with E-state index in [2.05, 4.69) is 17.1 Å². The quantitative estimate of drug-likeness (QED) is 0.631. The summed E-state index contributed by atoms with van der Waals surface area (Å²) in [7, 11) is 0. The molecule has 1 aliphatic heterocycles. The van der Waals surface area contributed by atoms with Gasteiger partial charge in [-0.15, -0.1) is 0 Å². The summed E-state index contributed by atoms with van der Waals surface area (Å²) in [5.74, 6) is 0. The van der Waals surface area contributed by atoms with Crippen LogP contribution >= 0.6 is 0 Å². The highest BCUT2D eigenvalue weighted by molar-refractivity contribution is 4.87. The van der Waals surface area contributed by atoms with Gasteiger partial charge in [0.1, 0.15) is 0 Å². The van der Waals surface area contributed by atoms with E-state index in [1.54, 1.807) is 0 Å². The Hall–Kier alpha value is -0.160. The Labute approximate surface area is 98.6 Å². The molecule has 1 heterocycles. The molecular weight excluding hydrogens is 204 g/mol. The first-order chi connectivity index (χ1) is 7.63. The number of nitrogens with one attached hydrogen (secondary N) is 1. The van der Waals surface area contributed by atoms with Crippen LogP contribution in [-0.4, -0.2) is 59.5 Å². The fraction of sp³-hybridized carbons (Fsp3) is 1.00. The highest BCUT2D eigenvalue weighted by Crippen LogP contribution is 2.14. The second-order valence-corrected chi connectivity index (χ2v) is 5.08. The maximum absolute atomic E-state index is 9.25. The van der Waals surface area contributed by atoms with Crippen LogP contribution in [0, 0.1) is 0 Å². The lowest BCUT2D eigenvalue weighted by Crippen LogP contribution is -2.53. The second kappa shape index (κ2) is 6.55. The minimum absolute atomic E-state index is 0.0164. The third kappa shape index (κ3) is 4.01. The van der Waals surface area contributed by atoms with E-state index in [1.807, 2.05) is 6.92 Å². The van der Waals surface area contributed by atoms with Crippen molar-refractivity contribution in [3.05, 3.63) is 0 Å².